The Labute approximate surface area is 225 Å². The van der Waals surface area contributed by atoms with Crippen LogP contribution in [0.2, 0.25) is 0 Å². The lowest BCUT2D eigenvalue weighted by atomic mass is 9.97. The number of carboxylic acid groups (broad SMARTS) is 1. The summed E-state index contributed by atoms with van der Waals surface area (Å²) in [5.74, 6) is -1.85. The summed E-state index contributed by atoms with van der Waals surface area (Å²) in [7, 11) is 0. The van der Waals surface area contributed by atoms with Gasteiger partial charge in [0.2, 0.25) is 0 Å². The van der Waals surface area contributed by atoms with Crippen molar-refractivity contribution in [2.45, 2.75) is 25.8 Å². The fraction of sp³-hybridized carbons (Fsp3) is 0.154. The molecule has 0 unspecified atom stereocenters. The number of hydrogen-bond acceptors (Lipinski definition) is 6. The van der Waals surface area contributed by atoms with Crippen LogP contribution in [-0.2, 0) is 18.9 Å². The van der Waals surface area contributed by atoms with E-state index in [1.54, 1.807) is 13.0 Å². The lowest BCUT2D eigenvalue weighted by Crippen LogP contribution is -2.15. The Kier molecular flexibility index (Phi) is 6.67. The predicted molar refractivity (Wildman–Crippen MR) is 128 cm³/mol. The minimum Gasteiger partial charge on any atom is -0.478 e. The second-order valence-corrected chi connectivity index (χ2v) is 8.86. The molecule has 0 atom stereocenters. The average molecular weight is 576 g/mol. The van der Waals surface area contributed by atoms with Gasteiger partial charge in [-0.3, -0.25) is 4.68 Å². The van der Waals surface area contributed by atoms with Crippen LogP contribution >= 0.6 is 0 Å². The van der Waals surface area contributed by atoms with Crippen LogP contribution in [0.25, 0.3) is 34.0 Å². The van der Waals surface area contributed by atoms with Crippen molar-refractivity contribution in [2.75, 3.05) is 0 Å². The quantitative estimate of drug-likeness (QED) is 0.251. The average Bonchev–Trinajstić information content (AvgIpc) is 3.32. The third-order valence-electron chi connectivity index (χ3n) is 6.13. The molecule has 210 valence electrons. The Morgan fingerprint density at radius 1 is 0.927 bits per heavy atom. The fourth-order valence-corrected chi connectivity index (χ4v) is 4.12. The van der Waals surface area contributed by atoms with Crippen molar-refractivity contribution in [1.82, 2.24) is 29.9 Å². The molecule has 0 fully saturated rings. The van der Waals surface area contributed by atoms with Gasteiger partial charge in [0.1, 0.15) is 22.9 Å². The van der Waals surface area contributed by atoms with Crippen LogP contribution in [0, 0.1) is 12.7 Å². The van der Waals surface area contributed by atoms with E-state index in [2.05, 4.69) is 25.3 Å². The Bertz CT molecular complexity index is 1760. The molecule has 1 aromatic heterocycles. The maximum atomic E-state index is 14.0. The molecule has 0 saturated heterocycles. The van der Waals surface area contributed by atoms with E-state index in [9.17, 15) is 40.6 Å². The highest BCUT2D eigenvalue weighted by atomic mass is 19.4. The molecule has 2 aromatic carbocycles. The van der Waals surface area contributed by atoms with Gasteiger partial charge in [-0.05, 0) is 36.8 Å². The van der Waals surface area contributed by atoms with Gasteiger partial charge in [-0.2, -0.15) is 36.5 Å². The summed E-state index contributed by atoms with van der Waals surface area (Å²) in [4.78, 5) is 20.7. The van der Waals surface area contributed by atoms with Crippen molar-refractivity contribution < 1.29 is 40.6 Å². The number of benzene rings is 2. The van der Waals surface area contributed by atoms with E-state index in [4.69, 9.17) is 0 Å². The summed E-state index contributed by atoms with van der Waals surface area (Å²) >= 11 is 0. The zero-order valence-corrected chi connectivity index (χ0v) is 20.6. The Morgan fingerprint density at radius 3 is 2.34 bits per heavy atom. The number of alkyl halides is 6. The molecular weight excluding hydrogens is 561 g/mol. The number of aromatic nitrogens is 6. The molecule has 15 heteroatoms. The van der Waals surface area contributed by atoms with Crippen LogP contribution in [0.5, 0.6) is 0 Å². The van der Waals surface area contributed by atoms with Gasteiger partial charge in [0.15, 0.2) is 5.82 Å². The Balaban J connectivity index is 1.51. The molecule has 41 heavy (non-hydrogen) atoms. The lowest BCUT2D eigenvalue weighted by molar-refractivity contribution is -0.142. The second kappa shape index (κ2) is 9.91. The maximum absolute atomic E-state index is 14.0. The van der Waals surface area contributed by atoms with Crippen LogP contribution in [0.4, 0.5) is 30.7 Å². The maximum Gasteiger partial charge on any atom is 0.417 e. The molecule has 0 bridgehead atoms. The van der Waals surface area contributed by atoms with Gasteiger partial charge in [-0.15, -0.1) is 5.10 Å². The van der Waals surface area contributed by atoms with Crippen molar-refractivity contribution in [1.29, 1.82) is 0 Å². The molecule has 1 N–H and O–H groups in total. The molecule has 3 heterocycles. The SMILES string of the molecule is Cc1c(F)cccc1-c1nc2cnn(Cc3cc(C(=O)O)c(-c4ccc(C(F)(F)F)cc4C(F)(F)F)nn3)cc-2n1. The highest BCUT2D eigenvalue weighted by Gasteiger charge is 2.39. The van der Waals surface area contributed by atoms with E-state index in [0.717, 1.165) is 6.07 Å². The van der Waals surface area contributed by atoms with Crippen LogP contribution < -0.4 is 0 Å². The third-order valence-corrected chi connectivity index (χ3v) is 6.13. The van der Waals surface area contributed by atoms with Crippen molar-refractivity contribution in [3.05, 3.63) is 88.6 Å². The van der Waals surface area contributed by atoms with Gasteiger partial charge in [0, 0.05) is 11.1 Å². The molecule has 0 radical (unpaired) electrons. The number of halogens is 7. The predicted octanol–water partition coefficient (Wildman–Crippen LogP) is 6.13. The summed E-state index contributed by atoms with van der Waals surface area (Å²) in [5.41, 5.74) is -4.06. The molecule has 0 saturated carbocycles. The minimum absolute atomic E-state index is 0.0239. The Morgan fingerprint density at radius 2 is 1.66 bits per heavy atom. The number of hydrogen-bond donors (Lipinski definition) is 1. The van der Waals surface area contributed by atoms with Gasteiger partial charge in [0.05, 0.1) is 41.3 Å². The number of aromatic carboxylic acids is 1. The summed E-state index contributed by atoms with van der Waals surface area (Å²) < 4.78 is 95.5. The first-order valence-corrected chi connectivity index (χ1v) is 11.6. The van der Waals surface area contributed by atoms with Crippen LogP contribution in [0.15, 0.2) is 54.9 Å². The molecule has 8 nitrogen and oxygen atoms in total. The number of imidazole rings is 1. The van der Waals surface area contributed by atoms with Crippen LogP contribution in [0.3, 0.4) is 0 Å². The first-order valence-electron chi connectivity index (χ1n) is 11.6. The molecule has 0 spiro atoms. The van der Waals surface area contributed by atoms with E-state index in [1.165, 1.54) is 29.2 Å². The van der Waals surface area contributed by atoms with E-state index < -0.39 is 52.1 Å². The van der Waals surface area contributed by atoms with Crippen molar-refractivity contribution in [3.63, 3.8) is 0 Å². The minimum atomic E-state index is -5.24. The monoisotopic (exact) mass is 576 g/mol. The van der Waals surface area contributed by atoms with Gasteiger partial charge >= 0.3 is 18.3 Å². The molecule has 5 rings (SSSR count). The molecule has 3 aromatic rings. The zero-order valence-electron chi connectivity index (χ0n) is 20.6. The van der Waals surface area contributed by atoms with Crippen molar-refractivity contribution >= 4 is 5.97 Å². The van der Waals surface area contributed by atoms with Crippen molar-refractivity contribution in [3.8, 4) is 34.0 Å². The number of carbonyl (C=O) groups is 1. The van der Waals surface area contributed by atoms with E-state index in [-0.39, 0.29) is 24.1 Å². The van der Waals surface area contributed by atoms with Gasteiger partial charge in [-0.25, -0.2) is 19.2 Å². The molecular formula is C26H15F7N6O2. The molecule has 0 amide bonds. The van der Waals surface area contributed by atoms with E-state index in [0.29, 0.717) is 34.6 Å². The first-order chi connectivity index (χ1) is 19.2. The Hall–Kier alpha value is -4.95. The van der Waals surface area contributed by atoms with Crippen molar-refractivity contribution in [2.24, 2.45) is 0 Å². The van der Waals surface area contributed by atoms with Gasteiger partial charge in [-0.1, -0.05) is 18.2 Å². The first kappa shape index (κ1) is 27.6. The highest BCUT2D eigenvalue weighted by Crippen LogP contribution is 2.41. The zero-order chi connectivity index (χ0) is 29.7. The van der Waals surface area contributed by atoms with Gasteiger partial charge < -0.3 is 5.11 Å². The van der Waals surface area contributed by atoms with Crippen LogP contribution in [0.1, 0.15) is 32.7 Å². The molecule has 0 aliphatic carbocycles. The van der Waals surface area contributed by atoms with E-state index >= 15 is 0 Å². The highest BCUT2D eigenvalue weighted by molar-refractivity contribution is 5.95. The molecule has 2 aliphatic heterocycles. The number of fused-ring (bicyclic) bond motifs is 1. The standard InChI is InChI=1S/C26H15F7N6O2/c1-12-15(3-2-4-19(12)27)23-35-20-9-34-39(11-21(20)36-23)10-14-8-17(24(40)41)22(38-37-14)16-6-5-13(25(28,29)30)7-18(16)26(31,32)33/h2-9,11H,10H2,1H3,(H,40,41). The third kappa shape index (κ3) is 5.42. The molecule has 2 aliphatic rings. The number of carboxylic acids is 1. The smallest absolute Gasteiger partial charge is 0.417 e. The van der Waals surface area contributed by atoms with Crippen LogP contribution in [-0.4, -0.2) is 41.0 Å². The lowest BCUT2D eigenvalue weighted by Gasteiger charge is -2.16. The fourth-order valence-electron chi connectivity index (χ4n) is 4.12. The largest absolute Gasteiger partial charge is 0.478 e. The summed E-state index contributed by atoms with van der Waals surface area (Å²) in [6, 6.07) is 6.24. The summed E-state index contributed by atoms with van der Waals surface area (Å²) in [5, 5.41) is 21.3. The second-order valence-electron chi connectivity index (χ2n) is 8.86. The summed E-state index contributed by atoms with van der Waals surface area (Å²) in [6.45, 7) is 1.39. The summed E-state index contributed by atoms with van der Waals surface area (Å²) in [6.07, 6.45) is -7.49. The number of rotatable bonds is 5. The van der Waals surface area contributed by atoms with Gasteiger partial charge in [0.25, 0.3) is 0 Å². The van der Waals surface area contributed by atoms with E-state index in [1.807, 2.05) is 0 Å². The topological polar surface area (TPSA) is 107 Å². The normalized spacial score (nSPS) is 12.2. The number of nitrogens with zero attached hydrogens (tertiary/aromatic N) is 6.